The molecule has 1 amide bonds. The van der Waals surface area contributed by atoms with Crippen molar-refractivity contribution in [1.82, 2.24) is 0 Å². The molecule has 0 radical (unpaired) electrons. The molecule has 0 unspecified atom stereocenters. The normalized spacial score (nSPS) is 11.4. The Kier molecular flexibility index (Phi) is 8.14. The number of carbonyl (C=O) groups is 1. The summed E-state index contributed by atoms with van der Waals surface area (Å²) in [7, 11) is -4.40. The molecule has 0 atom stereocenters. The predicted molar refractivity (Wildman–Crippen MR) is 134 cm³/mol. The summed E-state index contributed by atoms with van der Waals surface area (Å²) < 4.78 is 31.2. The van der Waals surface area contributed by atoms with Crippen LogP contribution in [0.2, 0.25) is 10.0 Å². The summed E-state index contributed by atoms with van der Waals surface area (Å²) in [4.78, 5) is 22.5. The van der Waals surface area contributed by atoms with Gasteiger partial charge in [-0.1, -0.05) is 39.1 Å². The third kappa shape index (κ3) is 6.58. The van der Waals surface area contributed by atoms with Gasteiger partial charge in [-0.25, -0.2) is 0 Å². The van der Waals surface area contributed by atoms with Crippen LogP contribution in [0.5, 0.6) is 5.75 Å². The summed E-state index contributed by atoms with van der Waals surface area (Å²) in [6.07, 6.45) is 1.14. The van der Waals surface area contributed by atoms with E-state index in [0.717, 1.165) is 30.3 Å². The van der Waals surface area contributed by atoms with Crippen LogP contribution in [-0.4, -0.2) is 19.2 Å². The van der Waals surface area contributed by atoms with Crippen LogP contribution < -0.4 is 9.50 Å². The van der Waals surface area contributed by atoms with Gasteiger partial charge in [-0.3, -0.25) is 14.9 Å². The molecule has 0 aromatic heterocycles. The smallest absolute Gasteiger partial charge is 0.339 e. The van der Waals surface area contributed by atoms with Crippen molar-refractivity contribution >= 4 is 72.6 Å². The zero-order chi connectivity index (χ0) is 25.8. The highest BCUT2D eigenvalue weighted by Gasteiger charge is 2.21. The number of hydrogen-bond acceptors (Lipinski definition) is 7. The van der Waals surface area contributed by atoms with E-state index < -0.39 is 20.9 Å². The van der Waals surface area contributed by atoms with E-state index in [1.165, 1.54) is 36.4 Å². The Morgan fingerprint density at radius 2 is 1.80 bits per heavy atom. The first-order valence-electron chi connectivity index (χ1n) is 9.37. The lowest BCUT2D eigenvalue weighted by atomic mass is 10.1. The molecular weight excluding hydrogens is 585 g/mol. The molecule has 0 spiro atoms. The number of rotatable bonds is 7. The Morgan fingerprint density at radius 1 is 1.11 bits per heavy atom. The van der Waals surface area contributed by atoms with Crippen LogP contribution in [-0.2, 0) is 14.9 Å². The second kappa shape index (κ2) is 10.9. The van der Waals surface area contributed by atoms with E-state index in [1.807, 2.05) is 0 Å². The number of nitriles is 1. The summed E-state index contributed by atoms with van der Waals surface area (Å²) in [6.45, 7) is 0. The van der Waals surface area contributed by atoms with E-state index in [9.17, 15) is 28.6 Å². The molecule has 0 aliphatic rings. The average Bonchev–Trinajstić information content (AvgIpc) is 2.81. The fraction of sp³-hybridized carbons (Fsp3) is 0. The van der Waals surface area contributed by atoms with Gasteiger partial charge < -0.3 is 9.50 Å². The maximum absolute atomic E-state index is 12.7. The number of nitrogens with zero attached hydrogens (tertiary/aromatic N) is 2. The highest BCUT2D eigenvalue weighted by molar-refractivity contribution is 9.10. The minimum absolute atomic E-state index is 0.0914. The van der Waals surface area contributed by atoms with Crippen LogP contribution in [0.4, 0.5) is 11.4 Å². The molecule has 35 heavy (non-hydrogen) atoms. The fourth-order valence-corrected chi connectivity index (χ4v) is 4.37. The Labute approximate surface area is 217 Å². The van der Waals surface area contributed by atoms with Crippen molar-refractivity contribution in [2.24, 2.45) is 0 Å². The first kappa shape index (κ1) is 26.2. The first-order chi connectivity index (χ1) is 16.5. The van der Waals surface area contributed by atoms with Crippen molar-refractivity contribution in [3.05, 3.63) is 96.4 Å². The molecule has 0 heterocycles. The van der Waals surface area contributed by atoms with Crippen molar-refractivity contribution in [3.8, 4) is 11.8 Å². The number of hydrogen-bond donors (Lipinski definition) is 1. The van der Waals surface area contributed by atoms with E-state index in [-0.39, 0.29) is 38.2 Å². The van der Waals surface area contributed by atoms with Crippen LogP contribution in [0.3, 0.4) is 0 Å². The summed E-state index contributed by atoms with van der Waals surface area (Å²) in [5, 5.41) is 23.3. The molecule has 0 fully saturated rings. The van der Waals surface area contributed by atoms with Gasteiger partial charge in [0, 0.05) is 27.2 Å². The summed E-state index contributed by atoms with van der Waals surface area (Å²) in [6, 6.07) is 14.5. The molecule has 1 N–H and O–H groups in total. The van der Waals surface area contributed by atoms with Gasteiger partial charge in [0.2, 0.25) is 0 Å². The SMILES string of the molecule is N#C/C(=C/c1cc(Br)ccc1OS(=O)(=O)c1ccc([N+](=O)[O-])cc1)C(=O)Nc1cc(Cl)ccc1Cl. The van der Waals surface area contributed by atoms with Gasteiger partial charge in [0.05, 0.1) is 15.6 Å². The molecule has 3 rings (SSSR count). The zero-order valence-electron chi connectivity index (χ0n) is 17.2. The third-order valence-electron chi connectivity index (χ3n) is 4.35. The molecule has 178 valence electrons. The van der Waals surface area contributed by atoms with E-state index >= 15 is 0 Å². The Morgan fingerprint density at radius 3 is 2.43 bits per heavy atom. The standard InChI is InChI=1S/C22H12BrCl2N3O6S/c23-15-1-8-21(34-35(32,33)18-5-3-17(4-6-18)28(30)31)13(10-15)9-14(12-26)22(29)27-20-11-16(24)2-7-19(20)25/h1-11H,(H,27,29)/b14-9-. The number of carbonyl (C=O) groups excluding carboxylic acids is 1. The lowest BCUT2D eigenvalue weighted by Crippen LogP contribution is -2.14. The highest BCUT2D eigenvalue weighted by Crippen LogP contribution is 2.30. The number of anilines is 1. The lowest BCUT2D eigenvalue weighted by molar-refractivity contribution is -0.384. The fourth-order valence-electron chi connectivity index (χ4n) is 2.70. The number of benzene rings is 3. The van der Waals surface area contributed by atoms with Crippen molar-refractivity contribution in [2.75, 3.05) is 5.32 Å². The van der Waals surface area contributed by atoms with Crippen LogP contribution in [0.25, 0.3) is 6.08 Å². The molecule has 9 nitrogen and oxygen atoms in total. The van der Waals surface area contributed by atoms with Gasteiger partial charge in [0.1, 0.15) is 22.3 Å². The molecule has 3 aromatic carbocycles. The van der Waals surface area contributed by atoms with Gasteiger partial charge >= 0.3 is 10.1 Å². The van der Waals surface area contributed by atoms with E-state index in [0.29, 0.717) is 9.50 Å². The molecule has 0 saturated heterocycles. The molecule has 13 heteroatoms. The van der Waals surface area contributed by atoms with Gasteiger partial charge in [-0.15, -0.1) is 0 Å². The van der Waals surface area contributed by atoms with Gasteiger partial charge in [0.15, 0.2) is 0 Å². The van der Waals surface area contributed by atoms with Crippen molar-refractivity contribution < 1.29 is 22.3 Å². The summed E-state index contributed by atoms with van der Waals surface area (Å²) >= 11 is 15.2. The molecular formula is C22H12BrCl2N3O6S. The van der Waals surface area contributed by atoms with Gasteiger partial charge in [-0.2, -0.15) is 13.7 Å². The van der Waals surface area contributed by atoms with Crippen molar-refractivity contribution in [2.45, 2.75) is 4.90 Å². The number of halogens is 3. The second-order valence-electron chi connectivity index (χ2n) is 6.72. The molecule has 0 saturated carbocycles. The van der Waals surface area contributed by atoms with Gasteiger partial charge in [0.25, 0.3) is 11.6 Å². The first-order valence-corrected chi connectivity index (χ1v) is 12.3. The molecule has 0 aliphatic heterocycles. The van der Waals surface area contributed by atoms with Crippen LogP contribution in [0, 0.1) is 21.4 Å². The minimum atomic E-state index is -4.40. The second-order valence-corrected chi connectivity index (χ2v) is 10.0. The highest BCUT2D eigenvalue weighted by atomic mass is 79.9. The zero-order valence-corrected chi connectivity index (χ0v) is 21.2. The van der Waals surface area contributed by atoms with Crippen LogP contribution >= 0.6 is 39.1 Å². The quantitative estimate of drug-likeness (QED) is 0.116. The number of nitrogens with one attached hydrogen (secondary N) is 1. The third-order valence-corrected chi connectivity index (χ3v) is 6.66. The number of non-ortho nitro benzene ring substituents is 1. The molecule has 0 bridgehead atoms. The monoisotopic (exact) mass is 595 g/mol. The topological polar surface area (TPSA) is 139 Å². The van der Waals surface area contributed by atoms with Crippen molar-refractivity contribution in [1.29, 1.82) is 5.26 Å². The Bertz CT molecular complexity index is 1500. The molecule has 3 aromatic rings. The number of nitro groups is 1. The van der Waals surface area contributed by atoms with Crippen LogP contribution in [0.1, 0.15) is 5.56 Å². The predicted octanol–water partition coefficient (Wildman–Crippen LogP) is 5.98. The van der Waals surface area contributed by atoms with Crippen LogP contribution in [0.15, 0.2) is 75.6 Å². The summed E-state index contributed by atoms with van der Waals surface area (Å²) in [5.74, 6) is -1.01. The largest absolute Gasteiger partial charge is 0.378 e. The number of nitro benzene ring substituents is 1. The van der Waals surface area contributed by atoms with Crippen molar-refractivity contribution in [3.63, 3.8) is 0 Å². The maximum Gasteiger partial charge on any atom is 0.339 e. The van der Waals surface area contributed by atoms with E-state index in [1.54, 1.807) is 6.07 Å². The number of amides is 1. The average molecular weight is 597 g/mol. The van der Waals surface area contributed by atoms with E-state index in [2.05, 4.69) is 21.2 Å². The minimum Gasteiger partial charge on any atom is -0.378 e. The molecule has 0 aliphatic carbocycles. The maximum atomic E-state index is 12.7. The Hall–Kier alpha value is -3.43. The lowest BCUT2D eigenvalue weighted by Gasteiger charge is -2.11. The summed E-state index contributed by atoms with van der Waals surface area (Å²) in [5.41, 5.74) is -0.400. The Balaban J connectivity index is 1.94. The van der Waals surface area contributed by atoms with Gasteiger partial charge in [-0.05, 0) is 54.6 Å². The van der Waals surface area contributed by atoms with E-state index in [4.69, 9.17) is 27.4 Å².